The van der Waals surface area contributed by atoms with Gasteiger partial charge in [0.1, 0.15) is 6.04 Å². The fourth-order valence-corrected chi connectivity index (χ4v) is 2.27. The summed E-state index contributed by atoms with van der Waals surface area (Å²) >= 11 is 6.10. The van der Waals surface area contributed by atoms with Gasteiger partial charge in [0.25, 0.3) is 0 Å². The van der Waals surface area contributed by atoms with Gasteiger partial charge in [-0.15, -0.1) is 0 Å². The van der Waals surface area contributed by atoms with Crippen molar-refractivity contribution in [1.29, 1.82) is 0 Å². The zero-order chi connectivity index (χ0) is 17.6. The summed E-state index contributed by atoms with van der Waals surface area (Å²) in [5.41, 5.74) is 5.91. The van der Waals surface area contributed by atoms with E-state index in [2.05, 4.69) is 5.32 Å². The van der Waals surface area contributed by atoms with Crippen LogP contribution < -0.4 is 20.5 Å². The van der Waals surface area contributed by atoms with Crippen LogP contribution in [0.5, 0.6) is 11.5 Å². The molecule has 0 bridgehead atoms. The third kappa shape index (κ3) is 5.17. The van der Waals surface area contributed by atoms with Crippen molar-refractivity contribution < 1.29 is 19.1 Å². The highest BCUT2D eigenvalue weighted by atomic mass is 35.5. The standard InChI is InChI=1S/C16H21ClN2O4/c1-9(2)14(16(18)21)19-13(20)6-5-10-7-11(17)15(23-4)12(8-10)22-3/h5-9,14H,1-4H3,(H2,18,21)(H,19,20)/b6-5-/t14-/m0/s1. The van der Waals surface area contributed by atoms with Gasteiger partial charge in [0.2, 0.25) is 11.8 Å². The van der Waals surface area contributed by atoms with Crippen LogP contribution in [0.25, 0.3) is 6.08 Å². The van der Waals surface area contributed by atoms with Gasteiger partial charge in [0.15, 0.2) is 11.5 Å². The van der Waals surface area contributed by atoms with E-state index < -0.39 is 17.9 Å². The quantitative estimate of drug-likeness (QED) is 0.743. The van der Waals surface area contributed by atoms with Gasteiger partial charge in [-0.3, -0.25) is 9.59 Å². The van der Waals surface area contributed by atoms with Gasteiger partial charge in [0, 0.05) is 6.08 Å². The van der Waals surface area contributed by atoms with E-state index in [0.717, 1.165) is 0 Å². The second-order valence-electron chi connectivity index (χ2n) is 5.20. The minimum atomic E-state index is -0.721. The maximum Gasteiger partial charge on any atom is 0.244 e. The van der Waals surface area contributed by atoms with Gasteiger partial charge in [0.05, 0.1) is 19.2 Å². The second-order valence-corrected chi connectivity index (χ2v) is 5.61. The van der Waals surface area contributed by atoms with Crippen LogP contribution in [0, 0.1) is 5.92 Å². The first-order chi connectivity index (χ1) is 10.8. The van der Waals surface area contributed by atoms with E-state index in [9.17, 15) is 9.59 Å². The molecule has 0 unspecified atom stereocenters. The summed E-state index contributed by atoms with van der Waals surface area (Å²) in [5.74, 6) is -0.216. The minimum Gasteiger partial charge on any atom is -0.493 e. The number of halogens is 1. The Morgan fingerprint density at radius 3 is 2.39 bits per heavy atom. The number of nitrogens with one attached hydrogen (secondary N) is 1. The van der Waals surface area contributed by atoms with Gasteiger partial charge in [-0.05, 0) is 29.7 Å². The predicted octanol–water partition coefficient (Wildman–Crippen LogP) is 2.00. The third-order valence-corrected chi connectivity index (χ3v) is 3.43. The van der Waals surface area contributed by atoms with Crippen molar-refractivity contribution in [3.05, 3.63) is 28.8 Å². The Morgan fingerprint density at radius 2 is 1.91 bits per heavy atom. The Labute approximate surface area is 140 Å². The molecule has 0 spiro atoms. The molecule has 0 saturated carbocycles. The van der Waals surface area contributed by atoms with Crippen LogP contribution in [0.1, 0.15) is 19.4 Å². The zero-order valence-electron chi connectivity index (χ0n) is 13.6. The van der Waals surface area contributed by atoms with Crippen LogP contribution in [-0.2, 0) is 9.59 Å². The normalized spacial score (nSPS) is 12.3. The van der Waals surface area contributed by atoms with Gasteiger partial charge in [-0.25, -0.2) is 0 Å². The third-order valence-electron chi connectivity index (χ3n) is 3.15. The summed E-state index contributed by atoms with van der Waals surface area (Å²) in [6.07, 6.45) is 2.86. The molecule has 0 fully saturated rings. The Hall–Kier alpha value is -2.21. The molecule has 0 saturated heterocycles. The van der Waals surface area contributed by atoms with Crippen LogP contribution in [0.3, 0.4) is 0 Å². The van der Waals surface area contributed by atoms with E-state index in [-0.39, 0.29) is 5.92 Å². The zero-order valence-corrected chi connectivity index (χ0v) is 14.3. The molecular formula is C16H21ClN2O4. The number of ether oxygens (including phenoxy) is 2. The smallest absolute Gasteiger partial charge is 0.244 e. The highest BCUT2D eigenvalue weighted by Gasteiger charge is 2.20. The van der Waals surface area contributed by atoms with Gasteiger partial charge < -0.3 is 20.5 Å². The number of rotatable bonds is 7. The summed E-state index contributed by atoms with van der Waals surface area (Å²) < 4.78 is 10.3. The van der Waals surface area contributed by atoms with E-state index >= 15 is 0 Å². The number of carbonyl (C=O) groups is 2. The molecule has 0 heterocycles. The summed E-state index contributed by atoms with van der Waals surface area (Å²) in [4.78, 5) is 23.2. The number of primary amides is 1. The van der Waals surface area contributed by atoms with Crippen LogP contribution in [0.2, 0.25) is 5.02 Å². The molecule has 1 atom stereocenters. The van der Waals surface area contributed by atoms with Crippen molar-refractivity contribution in [1.82, 2.24) is 5.32 Å². The monoisotopic (exact) mass is 340 g/mol. The Bertz CT molecular complexity index is 614. The van der Waals surface area contributed by atoms with Crippen LogP contribution in [0.4, 0.5) is 0 Å². The molecule has 1 rings (SSSR count). The van der Waals surface area contributed by atoms with Gasteiger partial charge in [-0.2, -0.15) is 0 Å². The Morgan fingerprint density at radius 1 is 1.26 bits per heavy atom. The van der Waals surface area contributed by atoms with Crippen molar-refractivity contribution in [3.63, 3.8) is 0 Å². The lowest BCUT2D eigenvalue weighted by Gasteiger charge is -2.17. The maximum atomic E-state index is 11.9. The molecule has 126 valence electrons. The second kappa shape index (κ2) is 8.43. The summed E-state index contributed by atoms with van der Waals surface area (Å²) in [6.45, 7) is 3.60. The highest BCUT2D eigenvalue weighted by Crippen LogP contribution is 2.36. The molecule has 2 amide bonds. The molecule has 1 aromatic rings. The van der Waals surface area contributed by atoms with Crippen molar-refractivity contribution >= 4 is 29.5 Å². The number of hydrogen-bond donors (Lipinski definition) is 2. The van der Waals surface area contributed by atoms with Gasteiger partial charge >= 0.3 is 0 Å². The predicted molar refractivity (Wildman–Crippen MR) is 89.6 cm³/mol. The van der Waals surface area contributed by atoms with Crippen molar-refractivity contribution in [2.45, 2.75) is 19.9 Å². The Balaban J connectivity index is 2.90. The molecule has 0 aliphatic carbocycles. The summed E-state index contributed by atoms with van der Waals surface area (Å²) in [5, 5.41) is 2.93. The fourth-order valence-electron chi connectivity index (χ4n) is 1.97. The summed E-state index contributed by atoms with van der Waals surface area (Å²) in [6, 6.07) is 2.60. The molecule has 23 heavy (non-hydrogen) atoms. The lowest BCUT2D eigenvalue weighted by molar-refractivity contribution is -0.126. The van der Waals surface area contributed by atoms with E-state index in [4.69, 9.17) is 26.8 Å². The highest BCUT2D eigenvalue weighted by molar-refractivity contribution is 6.32. The largest absolute Gasteiger partial charge is 0.493 e. The molecule has 6 nitrogen and oxygen atoms in total. The molecule has 0 aliphatic rings. The first-order valence-electron chi connectivity index (χ1n) is 6.99. The molecular weight excluding hydrogens is 320 g/mol. The minimum absolute atomic E-state index is 0.0969. The van der Waals surface area contributed by atoms with Crippen molar-refractivity contribution in [3.8, 4) is 11.5 Å². The number of carbonyl (C=O) groups excluding carboxylic acids is 2. The number of methoxy groups -OCH3 is 2. The lowest BCUT2D eigenvalue weighted by atomic mass is 10.0. The molecule has 0 aliphatic heterocycles. The van der Waals surface area contributed by atoms with Crippen molar-refractivity contribution in [2.24, 2.45) is 11.7 Å². The molecule has 1 aromatic carbocycles. The van der Waals surface area contributed by atoms with Crippen LogP contribution >= 0.6 is 11.6 Å². The first kappa shape index (κ1) is 18.8. The number of benzene rings is 1. The average molecular weight is 341 g/mol. The number of amides is 2. The van der Waals surface area contributed by atoms with E-state index in [1.807, 2.05) is 0 Å². The van der Waals surface area contributed by atoms with E-state index in [1.54, 1.807) is 32.1 Å². The SMILES string of the molecule is COc1cc(/C=C\C(=O)N[C@H](C(N)=O)C(C)C)cc(Cl)c1OC. The molecule has 0 radical (unpaired) electrons. The molecule has 3 N–H and O–H groups in total. The van der Waals surface area contributed by atoms with Crippen molar-refractivity contribution in [2.75, 3.05) is 14.2 Å². The van der Waals surface area contributed by atoms with E-state index in [0.29, 0.717) is 22.1 Å². The Kier molecular flexibility index (Phi) is 6.90. The number of nitrogens with two attached hydrogens (primary N) is 1. The topological polar surface area (TPSA) is 90.6 Å². The van der Waals surface area contributed by atoms with E-state index in [1.165, 1.54) is 20.3 Å². The maximum absolute atomic E-state index is 11.9. The fraction of sp³-hybridized carbons (Fsp3) is 0.375. The van der Waals surface area contributed by atoms with Crippen LogP contribution in [0.15, 0.2) is 18.2 Å². The molecule has 0 aromatic heterocycles. The lowest BCUT2D eigenvalue weighted by Crippen LogP contribution is -2.47. The number of hydrogen-bond acceptors (Lipinski definition) is 4. The van der Waals surface area contributed by atoms with Crippen LogP contribution in [-0.4, -0.2) is 32.1 Å². The summed E-state index contributed by atoms with van der Waals surface area (Å²) in [7, 11) is 2.98. The average Bonchev–Trinajstić information content (AvgIpc) is 2.49. The first-order valence-corrected chi connectivity index (χ1v) is 7.37. The van der Waals surface area contributed by atoms with Gasteiger partial charge in [-0.1, -0.05) is 25.4 Å². The molecule has 7 heteroatoms.